The van der Waals surface area contributed by atoms with E-state index in [-0.39, 0.29) is 12.1 Å². The summed E-state index contributed by atoms with van der Waals surface area (Å²) in [6.07, 6.45) is 2.43. The average Bonchev–Trinajstić information content (AvgIpc) is 3.11. The molecule has 0 spiro atoms. The van der Waals surface area contributed by atoms with Gasteiger partial charge in [0.1, 0.15) is 0 Å². The van der Waals surface area contributed by atoms with E-state index < -0.39 is 0 Å². The van der Waals surface area contributed by atoms with Gasteiger partial charge in [0.2, 0.25) is 0 Å². The first kappa shape index (κ1) is 14.5. The Labute approximate surface area is 123 Å². The van der Waals surface area contributed by atoms with Crippen molar-refractivity contribution < 1.29 is 9.53 Å². The van der Waals surface area contributed by atoms with Gasteiger partial charge < -0.3 is 4.74 Å². The fraction of sp³-hybridized carbons (Fsp3) is 0.533. The minimum absolute atomic E-state index is 0.0924. The lowest BCUT2D eigenvalue weighted by atomic mass is 10.1. The maximum atomic E-state index is 12.1. The molecule has 0 aliphatic heterocycles. The summed E-state index contributed by atoms with van der Waals surface area (Å²) < 4.78 is 6.30. The molecule has 0 saturated heterocycles. The maximum absolute atomic E-state index is 12.1. The number of halogens is 1. The Bertz CT molecular complexity index is 469. The number of hydrogen-bond donors (Lipinski definition) is 0. The van der Waals surface area contributed by atoms with Crippen LogP contribution in [0.3, 0.4) is 0 Å². The van der Waals surface area contributed by atoms with Crippen molar-refractivity contribution in [2.24, 2.45) is 0 Å². The van der Waals surface area contributed by atoms with Gasteiger partial charge in [0, 0.05) is 17.1 Å². The van der Waals surface area contributed by atoms with Crippen molar-refractivity contribution in [2.75, 3.05) is 7.05 Å². The second-order valence-electron chi connectivity index (χ2n) is 5.40. The third-order valence-electron chi connectivity index (χ3n) is 3.22. The fourth-order valence-electron chi connectivity index (χ4n) is 2.08. The summed E-state index contributed by atoms with van der Waals surface area (Å²) >= 11 is 3.47. The summed E-state index contributed by atoms with van der Waals surface area (Å²) in [5.74, 6) is -0.235. The molecule has 0 N–H and O–H groups in total. The molecule has 0 unspecified atom stereocenters. The fourth-order valence-corrected chi connectivity index (χ4v) is 2.49. The van der Waals surface area contributed by atoms with E-state index in [9.17, 15) is 4.79 Å². The molecular weight excluding hydrogens is 306 g/mol. The van der Waals surface area contributed by atoms with E-state index in [4.69, 9.17) is 4.74 Å². The zero-order valence-corrected chi connectivity index (χ0v) is 13.2. The van der Waals surface area contributed by atoms with Gasteiger partial charge in [-0.25, -0.2) is 4.79 Å². The van der Waals surface area contributed by atoms with E-state index in [0.717, 1.165) is 16.6 Å². The van der Waals surface area contributed by atoms with Crippen LogP contribution in [0.15, 0.2) is 22.7 Å². The van der Waals surface area contributed by atoms with E-state index in [2.05, 4.69) is 27.9 Å². The molecule has 104 valence electrons. The Morgan fingerprint density at radius 3 is 2.74 bits per heavy atom. The van der Waals surface area contributed by atoms with E-state index in [1.165, 1.54) is 12.8 Å². The van der Waals surface area contributed by atoms with Crippen molar-refractivity contribution in [1.82, 2.24) is 4.90 Å². The first-order valence-corrected chi connectivity index (χ1v) is 7.46. The molecule has 2 rings (SSSR count). The Morgan fingerprint density at radius 2 is 2.16 bits per heavy atom. The average molecular weight is 326 g/mol. The molecule has 0 radical (unpaired) electrons. The minimum atomic E-state index is -0.235. The van der Waals surface area contributed by atoms with Crippen molar-refractivity contribution in [2.45, 2.75) is 45.4 Å². The topological polar surface area (TPSA) is 29.5 Å². The summed E-state index contributed by atoms with van der Waals surface area (Å²) in [5, 5.41) is 0. The van der Waals surface area contributed by atoms with Gasteiger partial charge in [-0.05, 0) is 57.5 Å². The minimum Gasteiger partial charge on any atom is -0.459 e. The van der Waals surface area contributed by atoms with Crippen molar-refractivity contribution in [3.63, 3.8) is 0 Å². The summed E-state index contributed by atoms with van der Waals surface area (Å²) in [6.45, 7) is 4.52. The highest BCUT2D eigenvalue weighted by atomic mass is 79.9. The lowest BCUT2D eigenvalue weighted by Gasteiger charge is -2.18. The first-order valence-electron chi connectivity index (χ1n) is 6.67. The second kappa shape index (κ2) is 6.06. The van der Waals surface area contributed by atoms with Crippen molar-refractivity contribution in [3.8, 4) is 0 Å². The normalized spacial score (nSPS) is 15.1. The lowest BCUT2D eigenvalue weighted by Crippen LogP contribution is -2.22. The summed E-state index contributed by atoms with van der Waals surface area (Å²) in [4.78, 5) is 14.4. The van der Waals surface area contributed by atoms with Crippen LogP contribution in [0, 0.1) is 0 Å². The van der Waals surface area contributed by atoms with Crippen LogP contribution >= 0.6 is 15.9 Å². The number of hydrogen-bond acceptors (Lipinski definition) is 3. The van der Waals surface area contributed by atoms with Gasteiger partial charge in [0.25, 0.3) is 0 Å². The number of carbonyl (C=O) groups excluding carboxylic acids is 1. The molecule has 1 aromatic rings. The van der Waals surface area contributed by atoms with Gasteiger partial charge in [-0.15, -0.1) is 0 Å². The van der Waals surface area contributed by atoms with Gasteiger partial charge >= 0.3 is 5.97 Å². The number of nitrogens with zero attached hydrogens (tertiary/aromatic N) is 1. The highest BCUT2D eigenvalue weighted by Crippen LogP contribution is 2.28. The van der Waals surface area contributed by atoms with Crippen LogP contribution in [0.5, 0.6) is 0 Å². The number of rotatable bonds is 5. The van der Waals surface area contributed by atoms with Crippen molar-refractivity contribution in [3.05, 3.63) is 33.8 Å². The first-order chi connectivity index (χ1) is 8.97. The molecule has 1 aliphatic rings. The van der Waals surface area contributed by atoms with E-state index in [1.807, 2.05) is 32.0 Å². The standard InChI is InChI=1S/C15H20BrNO2/c1-10(2)19-15(18)14-7-4-12(16)8-11(14)9-17(3)13-5-6-13/h4,7-8,10,13H,5-6,9H2,1-3H3. The van der Waals surface area contributed by atoms with Crippen LogP contribution in [0.25, 0.3) is 0 Å². The van der Waals surface area contributed by atoms with E-state index in [0.29, 0.717) is 11.6 Å². The van der Waals surface area contributed by atoms with Crippen molar-refractivity contribution in [1.29, 1.82) is 0 Å². The Kier molecular flexibility index (Phi) is 4.63. The maximum Gasteiger partial charge on any atom is 0.338 e. The van der Waals surface area contributed by atoms with E-state index in [1.54, 1.807) is 0 Å². The highest BCUT2D eigenvalue weighted by Gasteiger charge is 2.27. The van der Waals surface area contributed by atoms with Gasteiger partial charge in [-0.2, -0.15) is 0 Å². The SMILES string of the molecule is CC(C)OC(=O)c1ccc(Br)cc1CN(C)C1CC1. The quantitative estimate of drug-likeness (QED) is 0.774. The third-order valence-corrected chi connectivity index (χ3v) is 3.71. The van der Waals surface area contributed by atoms with Crippen LogP contribution in [0.2, 0.25) is 0 Å². The summed E-state index contributed by atoms with van der Waals surface area (Å²) in [6, 6.07) is 6.41. The molecule has 0 heterocycles. The largest absolute Gasteiger partial charge is 0.459 e. The molecule has 1 saturated carbocycles. The third kappa shape index (κ3) is 4.05. The predicted molar refractivity (Wildman–Crippen MR) is 79.2 cm³/mol. The Balaban J connectivity index is 2.18. The van der Waals surface area contributed by atoms with Crippen LogP contribution in [0.4, 0.5) is 0 Å². The number of esters is 1. The lowest BCUT2D eigenvalue weighted by molar-refractivity contribution is 0.0375. The van der Waals surface area contributed by atoms with E-state index >= 15 is 0 Å². The smallest absolute Gasteiger partial charge is 0.338 e. The molecule has 19 heavy (non-hydrogen) atoms. The Hall–Kier alpha value is -0.870. The number of ether oxygens (including phenoxy) is 1. The van der Waals surface area contributed by atoms with Gasteiger partial charge in [0.05, 0.1) is 11.7 Å². The molecule has 0 atom stereocenters. The monoisotopic (exact) mass is 325 g/mol. The van der Waals surface area contributed by atoms with Gasteiger partial charge in [-0.3, -0.25) is 4.90 Å². The predicted octanol–water partition coefficient (Wildman–Crippen LogP) is 3.61. The molecule has 4 heteroatoms. The molecule has 0 amide bonds. The molecule has 0 aromatic heterocycles. The summed E-state index contributed by atoms with van der Waals surface area (Å²) in [5.41, 5.74) is 1.69. The van der Waals surface area contributed by atoms with Gasteiger partial charge in [0.15, 0.2) is 0 Å². The van der Waals surface area contributed by atoms with Crippen LogP contribution in [-0.4, -0.2) is 30.1 Å². The summed E-state index contributed by atoms with van der Waals surface area (Å²) in [7, 11) is 2.11. The molecule has 1 aliphatic carbocycles. The molecule has 0 bridgehead atoms. The Morgan fingerprint density at radius 1 is 1.47 bits per heavy atom. The molecule has 1 fully saturated rings. The zero-order chi connectivity index (χ0) is 14.0. The second-order valence-corrected chi connectivity index (χ2v) is 6.32. The molecular formula is C15H20BrNO2. The molecule has 1 aromatic carbocycles. The number of benzene rings is 1. The van der Waals surface area contributed by atoms with Crippen LogP contribution in [-0.2, 0) is 11.3 Å². The van der Waals surface area contributed by atoms with Gasteiger partial charge in [-0.1, -0.05) is 15.9 Å². The number of carbonyl (C=O) groups is 1. The zero-order valence-electron chi connectivity index (χ0n) is 11.6. The highest BCUT2D eigenvalue weighted by molar-refractivity contribution is 9.10. The molecule has 3 nitrogen and oxygen atoms in total. The van der Waals surface area contributed by atoms with Crippen LogP contribution < -0.4 is 0 Å². The van der Waals surface area contributed by atoms with Crippen LogP contribution in [0.1, 0.15) is 42.6 Å². The van der Waals surface area contributed by atoms with Crippen molar-refractivity contribution >= 4 is 21.9 Å².